The molecular formula is C21H23N3O2S. The number of nitrogens with one attached hydrogen (secondary N) is 2. The van der Waals surface area contributed by atoms with Crippen LogP contribution in [0.3, 0.4) is 0 Å². The van der Waals surface area contributed by atoms with E-state index in [9.17, 15) is 9.59 Å². The van der Waals surface area contributed by atoms with Crippen molar-refractivity contribution in [3.8, 4) is 0 Å². The van der Waals surface area contributed by atoms with Gasteiger partial charge in [-0.1, -0.05) is 55.4 Å². The lowest BCUT2D eigenvalue weighted by Crippen LogP contribution is -2.37. The quantitative estimate of drug-likeness (QED) is 0.607. The molecule has 1 aliphatic heterocycles. The Kier molecular flexibility index (Phi) is 4.26. The number of carbonyl (C=O) groups excluding carboxylic acids is 1. The lowest BCUT2D eigenvalue weighted by atomic mass is 9.69. The molecule has 1 aliphatic carbocycles. The summed E-state index contributed by atoms with van der Waals surface area (Å²) < 4.78 is 0. The van der Waals surface area contributed by atoms with Gasteiger partial charge in [0.25, 0.3) is 5.56 Å². The first-order chi connectivity index (χ1) is 12.8. The van der Waals surface area contributed by atoms with Crippen LogP contribution >= 0.6 is 11.8 Å². The third-order valence-electron chi connectivity index (χ3n) is 5.27. The number of fused-ring (bicyclic) bond motifs is 1. The number of hydrogen-bond acceptors (Lipinski definition) is 5. The monoisotopic (exact) mass is 381 g/mol. The van der Waals surface area contributed by atoms with Gasteiger partial charge in [-0.3, -0.25) is 9.59 Å². The van der Waals surface area contributed by atoms with Gasteiger partial charge in [0.05, 0.1) is 5.56 Å². The number of anilines is 1. The third kappa shape index (κ3) is 3.12. The minimum Gasteiger partial charge on any atom is -0.343 e. The fourth-order valence-corrected chi connectivity index (χ4v) is 4.55. The molecule has 27 heavy (non-hydrogen) atoms. The van der Waals surface area contributed by atoms with Gasteiger partial charge in [0.2, 0.25) is 0 Å². The van der Waals surface area contributed by atoms with Crippen LogP contribution in [-0.2, 0) is 4.79 Å². The van der Waals surface area contributed by atoms with Crippen molar-refractivity contribution in [3.05, 3.63) is 62.6 Å². The van der Waals surface area contributed by atoms with E-state index >= 15 is 0 Å². The van der Waals surface area contributed by atoms with Crippen LogP contribution in [0, 0.1) is 12.3 Å². The Morgan fingerprint density at radius 2 is 2.00 bits per heavy atom. The Bertz CT molecular complexity index is 1040. The van der Waals surface area contributed by atoms with Gasteiger partial charge in [-0.2, -0.15) is 0 Å². The van der Waals surface area contributed by atoms with E-state index < -0.39 is 0 Å². The van der Waals surface area contributed by atoms with Gasteiger partial charge in [-0.05, 0) is 30.6 Å². The maximum absolute atomic E-state index is 13.1. The fraction of sp³-hybridized carbons (Fsp3) is 0.381. The third-order valence-corrected chi connectivity index (χ3v) is 5.85. The summed E-state index contributed by atoms with van der Waals surface area (Å²) >= 11 is 1.40. The molecule has 0 spiro atoms. The minimum absolute atomic E-state index is 0.110. The van der Waals surface area contributed by atoms with Crippen molar-refractivity contribution in [2.24, 2.45) is 5.41 Å². The topological polar surface area (TPSA) is 74.8 Å². The average Bonchev–Trinajstić information content (AvgIpc) is 2.58. The molecule has 2 aromatic rings. The molecule has 5 nitrogen and oxygen atoms in total. The van der Waals surface area contributed by atoms with E-state index in [0.717, 1.165) is 28.8 Å². The van der Waals surface area contributed by atoms with E-state index in [2.05, 4.69) is 35.2 Å². The number of allylic oxidation sites excluding steroid dienone is 2. The van der Waals surface area contributed by atoms with Gasteiger partial charge in [0, 0.05) is 23.6 Å². The molecule has 0 radical (unpaired) electrons. The summed E-state index contributed by atoms with van der Waals surface area (Å²) in [7, 11) is 0. The van der Waals surface area contributed by atoms with Crippen LogP contribution < -0.4 is 10.9 Å². The van der Waals surface area contributed by atoms with Crippen LogP contribution in [-0.4, -0.2) is 22.0 Å². The number of thioether (sulfide) groups is 1. The van der Waals surface area contributed by atoms with Crippen molar-refractivity contribution >= 4 is 23.4 Å². The highest BCUT2D eigenvalue weighted by atomic mass is 32.2. The van der Waals surface area contributed by atoms with Crippen molar-refractivity contribution in [1.29, 1.82) is 0 Å². The van der Waals surface area contributed by atoms with Gasteiger partial charge in [0.15, 0.2) is 10.9 Å². The molecule has 0 amide bonds. The largest absolute Gasteiger partial charge is 0.343 e. The smallest absolute Gasteiger partial charge is 0.257 e. The molecule has 0 bridgehead atoms. The SMILES string of the molecule is CSc1nc2c(c(=O)[nH]1)[C@H](c1cccc(C)c1)C1=C(CC(C)(C)CC1=O)N2. The van der Waals surface area contributed by atoms with Crippen molar-refractivity contribution in [2.75, 3.05) is 11.6 Å². The molecule has 6 heteroatoms. The van der Waals surface area contributed by atoms with Crippen molar-refractivity contribution in [1.82, 2.24) is 9.97 Å². The van der Waals surface area contributed by atoms with Crippen LogP contribution in [0.2, 0.25) is 0 Å². The number of aryl methyl sites for hydroxylation is 1. The summed E-state index contributed by atoms with van der Waals surface area (Å²) in [5.74, 6) is 0.296. The highest BCUT2D eigenvalue weighted by Gasteiger charge is 2.42. The first-order valence-corrected chi connectivity index (χ1v) is 10.3. The molecular weight excluding hydrogens is 358 g/mol. The second-order valence-electron chi connectivity index (χ2n) is 8.14. The summed E-state index contributed by atoms with van der Waals surface area (Å²) in [4.78, 5) is 33.5. The maximum atomic E-state index is 13.1. The molecule has 2 N–H and O–H groups in total. The Morgan fingerprint density at radius 3 is 2.70 bits per heavy atom. The number of aromatic amines is 1. The Hall–Kier alpha value is -2.34. The van der Waals surface area contributed by atoms with Crippen LogP contribution in [0.5, 0.6) is 0 Å². The van der Waals surface area contributed by atoms with Gasteiger partial charge < -0.3 is 10.3 Å². The molecule has 1 aromatic heterocycles. The fourth-order valence-electron chi connectivity index (χ4n) is 4.17. The number of rotatable bonds is 2. The first-order valence-electron chi connectivity index (χ1n) is 9.07. The van der Waals surface area contributed by atoms with Crippen molar-refractivity contribution in [2.45, 2.75) is 44.7 Å². The summed E-state index contributed by atoms with van der Waals surface area (Å²) in [6.45, 7) is 6.23. The summed E-state index contributed by atoms with van der Waals surface area (Å²) in [5.41, 5.74) is 3.92. The molecule has 1 aromatic carbocycles. The number of ketones is 1. The van der Waals surface area contributed by atoms with Crippen LogP contribution in [0.25, 0.3) is 0 Å². The molecule has 0 fully saturated rings. The van der Waals surface area contributed by atoms with Gasteiger partial charge in [-0.15, -0.1) is 0 Å². The molecule has 140 valence electrons. The van der Waals surface area contributed by atoms with Gasteiger partial charge in [-0.25, -0.2) is 4.98 Å². The van der Waals surface area contributed by atoms with Crippen LogP contribution in [0.1, 0.15) is 49.3 Å². The van der Waals surface area contributed by atoms with Gasteiger partial charge >= 0.3 is 0 Å². The highest BCUT2D eigenvalue weighted by molar-refractivity contribution is 7.98. The minimum atomic E-state index is -0.382. The summed E-state index contributed by atoms with van der Waals surface area (Å²) in [5, 5.41) is 3.90. The summed E-state index contributed by atoms with van der Waals surface area (Å²) in [6, 6.07) is 8.04. The number of nitrogens with zero attached hydrogens (tertiary/aromatic N) is 1. The van der Waals surface area contributed by atoms with Crippen LogP contribution in [0.4, 0.5) is 5.82 Å². The first kappa shape index (κ1) is 18.0. The van der Waals surface area contributed by atoms with E-state index in [0.29, 0.717) is 23.0 Å². The lowest BCUT2D eigenvalue weighted by Gasteiger charge is -2.38. The average molecular weight is 382 g/mol. The van der Waals surface area contributed by atoms with E-state index in [1.807, 2.05) is 31.4 Å². The highest BCUT2D eigenvalue weighted by Crippen LogP contribution is 2.47. The molecule has 1 atom stereocenters. The zero-order valence-electron chi connectivity index (χ0n) is 16.0. The molecule has 2 aliphatic rings. The summed E-state index contributed by atoms with van der Waals surface area (Å²) in [6.07, 6.45) is 3.13. The number of hydrogen-bond donors (Lipinski definition) is 2. The second kappa shape index (κ2) is 6.37. The predicted octanol–water partition coefficient (Wildman–Crippen LogP) is 4.00. The van der Waals surface area contributed by atoms with Crippen LogP contribution in [0.15, 0.2) is 45.5 Å². The van der Waals surface area contributed by atoms with E-state index in [-0.39, 0.29) is 22.7 Å². The Balaban J connectivity index is 1.99. The molecule has 0 unspecified atom stereocenters. The second-order valence-corrected chi connectivity index (χ2v) is 8.94. The Morgan fingerprint density at radius 1 is 1.22 bits per heavy atom. The number of aromatic nitrogens is 2. The number of H-pyrrole nitrogens is 1. The molecule has 0 saturated heterocycles. The van der Waals surface area contributed by atoms with Crippen molar-refractivity contribution in [3.63, 3.8) is 0 Å². The lowest BCUT2D eigenvalue weighted by molar-refractivity contribution is -0.118. The van der Waals surface area contributed by atoms with Gasteiger partial charge in [0.1, 0.15) is 5.82 Å². The zero-order valence-corrected chi connectivity index (χ0v) is 16.8. The zero-order chi connectivity index (χ0) is 19.3. The Labute approximate surface area is 162 Å². The number of carbonyl (C=O) groups is 1. The number of benzene rings is 1. The van der Waals surface area contributed by atoms with E-state index in [1.54, 1.807) is 0 Å². The van der Waals surface area contributed by atoms with E-state index in [1.165, 1.54) is 11.8 Å². The standard InChI is InChI=1S/C21H23N3O2S/c1-11-6-5-7-12(8-11)15-16-13(9-21(2,3)10-14(16)25)22-18-17(15)19(26)24-20(23-18)27-4/h5-8,15H,9-10H2,1-4H3,(H2,22,23,24,26)/t15-/m1/s1. The molecule has 4 rings (SSSR count). The van der Waals surface area contributed by atoms with Crippen molar-refractivity contribution < 1.29 is 4.79 Å². The number of Topliss-reactive ketones (excluding diaryl/α,β-unsaturated/α-hetero) is 1. The predicted molar refractivity (Wildman–Crippen MR) is 108 cm³/mol. The van der Waals surface area contributed by atoms with E-state index in [4.69, 9.17) is 0 Å². The molecule has 2 heterocycles. The maximum Gasteiger partial charge on any atom is 0.257 e. The molecule has 0 saturated carbocycles. The normalized spacial score (nSPS) is 20.7.